The molecule has 1 amide bonds. The fourth-order valence-corrected chi connectivity index (χ4v) is 2.78. The summed E-state index contributed by atoms with van der Waals surface area (Å²) in [6.45, 7) is 5.33. The van der Waals surface area contributed by atoms with Crippen LogP contribution in [-0.4, -0.2) is 37.9 Å². The monoisotopic (exact) mass is 357 g/mol. The minimum atomic E-state index is -3.35. The predicted molar refractivity (Wildman–Crippen MR) is 91.5 cm³/mol. The fraction of sp³-hybridized carbons (Fsp3) is 0.500. The van der Waals surface area contributed by atoms with Crippen LogP contribution in [0.5, 0.6) is 0 Å². The maximum absolute atomic E-state index is 11.9. The van der Waals surface area contributed by atoms with Gasteiger partial charge in [0.15, 0.2) is 0 Å². The third-order valence-corrected chi connectivity index (χ3v) is 4.78. The highest BCUT2D eigenvalue weighted by atomic mass is 31.2. The largest absolute Gasteiger partial charge is 0.444 e. The van der Waals surface area contributed by atoms with E-state index in [1.807, 2.05) is 0 Å². The van der Waals surface area contributed by atoms with Crippen molar-refractivity contribution in [3.05, 3.63) is 29.8 Å². The van der Waals surface area contributed by atoms with Crippen molar-refractivity contribution in [2.45, 2.75) is 32.8 Å². The van der Waals surface area contributed by atoms with Crippen molar-refractivity contribution >= 4 is 25.2 Å². The zero-order chi connectivity index (χ0) is 18.4. The van der Waals surface area contributed by atoms with Crippen LogP contribution in [0.15, 0.2) is 24.3 Å². The van der Waals surface area contributed by atoms with Crippen molar-refractivity contribution in [1.82, 2.24) is 0 Å². The van der Waals surface area contributed by atoms with Crippen LogP contribution in [0.2, 0.25) is 0 Å². The van der Waals surface area contributed by atoms with Crippen LogP contribution in [0, 0.1) is 0 Å². The molecule has 1 aromatic rings. The summed E-state index contributed by atoms with van der Waals surface area (Å²) >= 11 is 0. The molecule has 1 N–H and O–H groups in total. The third-order valence-electron chi connectivity index (χ3n) is 2.93. The van der Waals surface area contributed by atoms with Gasteiger partial charge in [0.1, 0.15) is 17.5 Å². The molecule has 0 saturated heterocycles. The first-order valence-corrected chi connectivity index (χ1v) is 9.11. The average molecular weight is 357 g/mol. The van der Waals surface area contributed by atoms with Gasteiger partial charge < -0.3 is 13.8 Å². The van der Waals surface area contributed by atoms with E-state index in [1.165, 1.54) is 14.2 Å². The van der Waals surface area contributed by atoms with Crippen molar-refractivity contribution < 1.29 is 27.9 Å². The number of Topliss-reactive ketones (excluding diaryl/α,β-unsaturated/α-hetero) is 1. The quantitative estimate of drug-likeness (QED) is 0.749. The Balaban J connectivity index is 2.60. The number of benzene rings is 1. The average Bonchev–Trinajstić information content (AvgIpc) is 2.47. The molecule has 1 rings (SSSR count). The van der Waals surface area contributed by atoms with E-state index >= 15 is 0 Å². The Hall–Kier alpha value is -1.69. The van der Waals surface area contributed by atoms with Crippen LogP contribution in [0.1, 0.15) is 26.3 Å². The van der Waals surface area contributed by atoms with Crippen LogP contribution in [0.25, 0.3) is 0 Å². The Labute approximate surface area is 142 Å². The molecule has 0 spiro atoms. The van der Waals surface area contributed by atoms with Gasteiger partial charge in [0.05, 0.1) is 0 Å². The molecule has 0 aliphatic rings. The molecule has 0 radical (unpaired) electrons. The maximum atomic E-state index is 11.9. The van der Waals surface area contributed by atoms with E-state index in [4.69, 9.17) is 13.8 Å². The molecule has 0 bridgehead atoms. The number of amides is 1. The van der Waals surface area contributed by atoms with E-state index in [-0.39, 0.29) is 18.4 Å². The second kappa shape index (κ2) is 8.42. The van der Waals surface area contributed by atoms with E-state index in [9.17, 15) is 14.2 Å². The zero-order valence-electron chi connectivity index (χ0n) is 14.6. The van der Waals surface area contributed by atoms with Gasteiger partial charge in [-0.2, -0.15) is 0 Å². The molecule has 0 aromatic heterocycles. The molecule has 24 heavy (non-hydrogen) atoms. The van der Waals surface area contributed by atoms with Gasteiger partial charge >= 0.3 is 13.7 Å². The van der Waals surface area contributed by atoms with E-state index in [1.54, 1.807) is 45.0 Å². The van der Waals surface area contributed by atoms with Crippen molar-refractivity contribution in [3.8, 4) is 0 Å². The first-order valence-electron chi connectivity index (χ1n) is 7.38. The van der Waals surface area contributed by atoms with E-state index < -0.39 is 19.3 Å². The molecular formula is C16H24NO6P. The topological polar surface area (TPSA) is 90.9 Å². The summed E-state index contributed by atoms with van der Waals surface area (Å²) in [5.41, 5.74) is 0.709. The number of ketones is 1. The van der Waals surface area contributed by atoms with Crippen molar-refractivity contribution in [3.63, 3.8) is 0 Å². The number of carbonyl (C=O) groups excluding carboxylic acids is 2. The SMILES string of the molecule is COP(=O)(CC(=O)Cc1ccc(NC(=O)OC(C)(C)C)cc1)OC. The van der Waals surface area contributed by atoms with Gasteiger partial charge in [0.2, 0.25) is 0 Å². The smallest absolute Gasteiger partial charge is 0.412 e. The van der Waals surface area contributed by atoms with Crippen LogP contribution < -0.4 is 5.32 Å². The lowest BCUT2D eigenvalue weighted by molar-refractivity contribution is -0.116. The van der Waals surface area contributed by atoms with Crippen LogP contribution >= 0.6 is 7.60 Å². The Bertz CT molecular complexity index is 612. The van der Waals surface area contributed by atoms with Crippen molar-refractivity contribution in [2.24, 2.45) is 0 Å². The Morgan fingerprint density at radius 2 is 1.62 bits per heavy atom. The highest BCUT2D eigenvalue weighted by molar-refractivity contribution is 7.54. The molecule has 0 atom stereocenters. The maximum Gasteiger partial charge on any atom is 0.412 e. The first kappa shape index (κ1) is 20.4. The Morgan fingerprint density at radius 1 is 1.08 bits per heavy atom. The lowest BCUT2D eigenvalue weighted by Gasteiger charge is -2.19. The molecule has 0 aliphatic carbocycles. The molecule has 0 aliphatic heterocycles. The lowest BCUT2D eigenvalue weighted by Crippen LogP contribution is -2.27. The van der Waals surface area contributed by atoms with Gasteiger partial charge in [0, 0.05) is 26.3 Å². The summed E-state index contributed by atoms with van der Waals surface area (Å²) in [7, 11) is -0.856. The van der Waals surface area contributed by atoms with Crippen molar-refractivity contribution in [1.29, 1.82) is 0 Å². The number of hydrogen-bond acceptors (Lipinski definition) is 6. The summed E-state index contributed by atoms with van der Waals surface area (Å²) in [6.07, 6.45) is -0.728. The summed E-state index contributed by atoms with van der Waals surface area (Å²) in [4.78, 5) is 23.6. The normalized spacial score (nSPS) is 11.9. The van der Waals surface area contributed by atoms with Gasteiger partial charge in [-0.05, 0) is 38.5 Å². The van der Waals surface area contributed by atoms with Crippen molar-refractivity contribution in [2.75, 3.05) is 25.7 Å². The molecule has 134 valence electrons. The van der Waals surface area contributed by atoms with Crippen LogP contribution in [-0.2, 0) is 29.6 Å². The molecule has 7 nitrogen and oxygen atoms in total. The zero-order valence-corrected chi connectivity index (χ0v) is 15.5. The van der Waals surface area contributed by atoms with E-state index in [2.05, 4.69) is 5.32 Å². The first-order chi connectivity index (χ1) is 11.1. The van der Waals surface area contributed by atoms with Gasteiger partial charge in [0.25, 0.3) is 0 Å². The third kappa shape index (κ3) is 7.25. The molecule has 1 aromatic carbocycles. The standard InChI is InChI=1S/C16H24NO6P/c1-16(2,3)23-15(19)17-13-8-6-12(7-9-13)10-14(18)11-24(20,21-4)22-5/h6-9H,10-11H2,1-5H3,(H,17,19). The number of anilines is 1. The summed E-state index contributed by atoms with van der Waals surface area (Å²) in [5.74, 6) is -0.255. The minimum Gasteiger partial charge on any atom is -0.444 e. The number of ether oxygens (including phenoxy) is 1. The second-order valence-corrected chi connectivity index (χ2v) is 8.44. The lowest BCUT2D eigenvalue weighted by atomic mass is 10.1. The van der Waals surface area contributed by atoms with Gasteiger partial charge in [-0.3, -0.25) is 14.7 Å². The molecule has 0 heterocycles. The fourth-order valence-electron chi connectivity index (χ4n) is 1.83. The van der Waals surface area contributed by atoms with Gasteiger partial charge in [-0.1, -0.05) is 12.1 Å². The second-order valence-electron chi connectivity index (χ2n) is 6.17. The number of hydrogen-bond donors (Lipinski definition) is 1. The molecular weight excluding hydrogens is 333 g/mol. The van der Waals surface area contributed by atoms with E-state index in [0.717, 1.165) is 5.56 Å². The molecule has 0 unspecified atom stereocenters. The Morgan fingerprint density at radius 3 is 2.08 bits per heavy atom. The summed E-state index contributed by atoms with van der Waals surface area (Å²) in [5, 5.41) is 2.60. The van der Waals surface area contributed by atoms with Gasteiger partial charge in [-0.25, -0.2) is 4.79 Å². The highest BCUT2D eigenvalue weighted by Crippen LogP contribution is 2.46. The van der Waals surface area contributed by atoms with E-state index in [0.29, 0.717) is 5.69 Å². The summed E-state index contributed by atoms with van der Waals surface area (Å²) < 4.78 is 26.6. The molecule has 0 fully saturated rings. The van der Waals surface area contributed by atoms with Gasteiger partial charge in [-0.15, -0.1) is 0 Å². The number of rotatable bonds is 7. The minimum absolute atomic E-state index is 0.101. The number of carbonyl (C=O) groups is 2. The molecule has 8 heteroatoms. The summed E-state index contributed by atoms with van der Waals surface area (Å²) in [6, 6.07) is 6.74. The van der Waals surface area contributed by atoms with Crippen LogP contribution in [0.4, 0.5) is 10.5 Å². The number of nitrogens with one attached hydrogen (secondary N) is 1. The predicted octanol–water partition coefficient (Wildman–Crippen LogP) is 3.63. The van der Waals surface area contributed by atoms with Crippen LogP contribution in [0.3, 0.4) is 0 Å². The Kier molecular flexibility index (Phi) is 7.14. The molecule has 0 saturated carbocycles. The highest BCUT2D eigenvalue weighted by Gasteiger charge is 2.25.